The number of amides is 1. The molecule has 0 saturated carbocycles. The maximum Gasteiger partial charge on any atom is 0.407 e. The number of hydrogen-bond donors (Lipinski definition) is 1. The minimum absolute atomic E-state index is 0.120. The van der Waals surface area contributed by atoms with Gasteiger partial charge < -0.3 is 24.4 Å². The van der Waals surface area contributed by atoms with E-state index in [2.05, 4.69) is 17.0 Å². The monoisotopic (exact) mass is 290 g/mol. The number of piperazine rings is 1. The Hall–Kier alpha value is -1.79. The molecule has 1 aromatic rings. The van der Waals surface area contributed by atoms with E-state index in [9.17, 15) is 4.79 Å². The van der Waals surface area contributed by atoms with Gasteiger partial charge in [0.05, 0.1) is 19.3 Å². The Morgan fingerprint density at radius 2 is 2.00 bits per heavy atom. The lowest BCUT2D eigenvalue weighted by molar-refractivity contribution is -0.0440. The van der Waals surface area contributed by atoms with E-state index in [0.717, 1.165) is 24.2 Å². The smallest absolute Gasteiger partial charge is 0.407 e. The molecule has 0 spiro atoms. The van der Waals surface area contributed by atoms with Crippen LogP contribution in [0, 0.1) is 0 Å². The van der Waals surface area contributed by atoms with Crippen molar-refractivity contribution < 1.29 is 19.4 Å². The van der Waals surface area contributed by atoms with Gasteiger partial charge in [0, 0.05) is 30.4 Å². The van der Waals surface area contributed by atoms with E-state index >= 15 is 0 Å². The number of benzene rings is 1. The second-order valence-corrected chi connectivity index (χ2v) is 5.80. The number of rotatable bonds is 2. The molecule has 2 atom stereocenters. The lowest BCUT2D eigenvalue weighted by Crippen LogP contribution is -2.48. The SMILES string of the molecule is O=C(O)N1C[C@@H]2C[C@H]1CN2c1cccc(C2OCCO2)c1. The average molecular weight is 290 g/mol. The first-order valence-electron chi connectivity index (χ1n) is 7.32. The summed E-state index contributed by atoms with van der Waals surface area (Å²) in [7, 11) is 0. The minimum atomic E-state index is -0.802. The third kappa shape index (κ3) is 2.15. The Labute approximate surface area is 122 Å². The van der Waals surface area contributed by atoms with Crippen molar-refractivity contribution in [2.75, 3.05) is 31.2 Å². The normalized spacial score (nSPS) is 28.6. The Morgan fingerprint density at radius 3 is 2.67 bits per heavy atom. The quantitative estimate of drug-likeness (QED) is 0.897. The highest BCUT2D eigenvalue weighted by Gasteiger charge is 2.45. The van der Waals surface area contributed by atoms with Gasteiger partial charge >= 0.3 is 6.09 Å². The molecule has 3 heterocycles. The van der Waals surface area contributed by atoms with Gasteiger partial charge in [-0.05, 0) is 18.6 Å². The van der Waals surface area contributed by atoms with Crippen molar-refractivity contribution in [3.8, 4) is 0 Å². The highest BCUT2D eigenvalue weighted by Crippen LogP contribution is 2.36. The van der Waals surface area contributed by atoms with E-state index in [1.807, 2.05) is 12.1 Å². The van der Waals surface area contributed by atoms with E-state index in [1.165, 1.54) is 0 Å². The van der Waals surface area contributed by atoms with Crippen LogP contribution < -0.4 is 4.90 Å². The number of carboxylic acid groups (broad SMARTS) is 1. The first-order chi connectivity index (χ1) is 10.2. The zero-order valence-electron chi connectivity index (χ0n) is 11.6. The standard InChI is InChI=1S/C15H18N2O4/c18-15(19)17-9-12-7-13(17)8-16(12)11-3-1-2-10(6-11)14-20-4-5-21-14/h1-3,6,12-14H,4-5,7-9H2,(H,18,19)/t12-,13-/m0/s1. The van der Waals surface area contributed by atoms with Crippen molar-refractivity contribution in [1.29, 1.82) is 0 Å². The molecule has 0 aromatic heterocycles. The second kappa shape index (κ2) is 4.89. The van der Waals surface area contributed by atoms with E-state index < -0.39 is 6.09 Å². The number of carbonyl (C=O) groups is 1. The average Bonchev–Trinajstić information content (AvgIpc) is 3.23. The lowest BCUT2D eigenvalue weighted by atomic mass is 10.1. The highest BCUT2D eigenvalue weighted by atomic mass is 16.7. The summed E-state index contributed by atoms with van der Waals surface area (Å²) in [5.74, 6) is 0. The fourth-order valence-electron chi connectivity index (χ4n) is 3.62. The van der Waals surface area contributed by atoms with Crippen LogP contribution in [0.4, 0.5) is 10.5 Å². The first-order valence-corrected chi connectivity index (χ1v) is 7.32. The zero-order chi connectivity index (χ0) is 14.4. The summed E-state index contributed by atoms with van der Waals surface area (Å²) in [6, 6.07) is 8.60. The van der Waals surface area contributed by atoms with E-state index in [0.29, 0.717) is 19.8 Å². The molecule has 3 aliphatic rings. The van der Waals surface area contributed by atoms with E-state index in [1.54, 1.807) is 4.90 Å². The molecular formula is C15H18N2O4. The number of fused-ring (bicyclic) bond motifs is 2. The first kappa shape index (κ1) is 12.9. The number of anilines is 1. The van der Waals surface area contributed by atoms with Gasteiger partial charge in [-0.2, -0.15) is 0 Å². The van der Waals surface area contributed by atoms with Gasteiger partial charge in [0.25, 0.3) is 0 Å². The summed E-state index contributed by atoms with van der Waals surface area (Å²) < 4.78 is 11.1. The molecular weight excluding hydrogens is 272 g/mol. The van der Waals surface area contributed by atoms with Crippen LogP contribution in [0.2, 0.25) is 0 Å². The maximum atomic E-state index is 11.1. The highest BCUT2D eigenvalue weighted by molar-refractivity contribution is 5.67. The van der Waals surface area contributed by atoms with Crippen molar-refractivity contribution in [3.05, 3.63) is 29.8 Å². The molecule has 1 aromatic carbocycles. The van der Waals surface area contributed by atoms with Crippen molar-refractivity contribution in [1.82, 2.24) is 4.90 Å². The fourth-order valence-corrected chi connectivity index (χ4v) is 3.62. The second-order valence-electron chi connectivity index (χ2n) is 5.80. The molecule has 6 nitrogen and oxygen atoms in total. The van der Waals surface area contributed by atoms with Crippen LogP contribution in [-0.2, 0) is 9.47 Å². The topological polar surface area (TPSA) is 62.2 Å². The number of nitrogens with zero attached hydrogens (tertiary/aromatic N) is 2. The lowest BCUT2D eigenvalue weighted by Gasteiger charge is -2.34. The van der Waals surface area contributed by atoms with Crippen molar-refractivity contribution in [3.63, 3.8) is 0 Å². The largest absolute Gasteiger partial charge is 0.465 e. The molecule has 112 valence electrons. The molecule has 2 bridgehead atoms. The van der Waals surface area contributed by atoms with E-state index in [4.69, 9.17) is 14.6 Å². The summed E-state index contributed by atoms with van der Waals surface area (Å²) >= 11 is 0. The van der Waals surface area contributed by atoms with Crippen LogP contribution in [0.25, 0.3) is 0 Å². The molecule has 0 aliphatic carbocycles. The molecule has 4 rings (SSSR count). The maximum absolute atomic E-state index is 11.1. The number of hydrogen-bond acceptors (Lipinski definition) is 4. The third-order valence-corrected chi connectivity index (χ3v) is 4.58. The zero-order valence-corrected chi connectivity index (χ0v) is 11.6. The van der Waals surface area contributed by atoms with Gasteiger partial charge in [-0.25, -0.2) is 4.79 Å². The van der Waals surface area contributed by atoms with Gasteiger partial charge in [0.2, 0.25) is 0 Å². The molecule has 0 unspecified atom stereocenters. The Bertz CT molecular complexity index is 558. The Morgan fingerprint density at radius 1 is 1.19 bits per heavy atom. The summed E-state index contributed by atoms with van der Waals surface area (Å²) in [4.78, 5) is 15.0. The molecule has 3 saturated heterocycles. The van der Waals surface area contributed by atoms with Crippen LogP contribution in [0.1, 0.15) is 18.3 Å². The van der Waals surface area contributed by atoms with Crippen LogP contribution in [0.5, 0.6) is 0 Å². The van der Waals surface area contributed by atoms with Crippen LogP contribution >= 0.6 is 0 Å². The minimum Gasteiger partial charge on any atom is -0.465 e. The molecule has 3 aliphatic heterocycles. The van der Waals surface area contributed by atoms with Crippen molar-refractivity contribution >= 4 is 11.8 Å². The van der Waals surface area contributed by atoms with Gasteiger partial charge in [-0.15, -0.1) is 0 Å². The predicted octanol–water partition coefficient (Wildman–Crippen LogP) is 1.67. The predicted molar refractivity (Wildman–Crippen MR) is 75.4 cm³/mol. The number of likely N-dealkylation sites (tertiary alicyclic amines) is 1. The van der Waals surface area contributed by atoms with Crippen LogP contribution in [0.3, 0.4) is 0 Å². The summed E-state index contributed by atoms with van der Waals surface area (Å²) in [6.07, 6.45) is -0.142. The third-order valence-electron chi connectivity index (χ3n) is 4.58. The molecule has 1 amide bonds. The van der Waals surface area contributed by atoms with E-state index in [-0.39, 0.29) is 18.4 Å². The van der Waals surface area contributed by atoms with Crippen LogP contribution in [0.15, 0.2) is 24.3 Å². The molecule has 1 N–H and O–H groups in total. The van der Waals surface area contributed by atoms with Gasteiger partial charge in [-0.3, -0.25) is 0 Å². The van der Waals surface area contributed by atoms with Crippen molar-refractivity contribution in [2.24, 2.45) is 0 Å². The summed E-state index contributed by atoms with van der Waals surface area (Å²) in [5, 5.41) is 9.15. The molecule has 21 heavy (non-hydrogen) atoms. The van der Waals surface area contributed by atoms with Gasteiger partial charge in [0.1, 0.15) is 0 Å². The Balaban J connectivity index is 1.53. The molecule has 6 heteroatoms. The van der Waals surface area contributed by atoms with Crippen molar-refractivity contribution in [2.45, 2.75) is 24.8 Å². The summed E-state index contributed by atoms with van der Waals surface area (Å²) in [5.41, 5.74) is 2.16. The van der Waals surface area contributed by atoms with Gasteiger partial charge in [0.15, 0.2) is 6.29 Å². The Kier molecular flexibility index (Phi) is 3.01. The summed E-state index contributed by atoms with van der Waals surface area (Å²) in [6.45, 7) is 2.64. The number of ether oxygens (including phenoxy) is 2. The molecule has 0 radical (unpaired) electrons. The van der Waals surface area contributed by atoms with Gasteiger partial charge in [-0.1, -0.05) is 12.1 Å². The fraction of sp³-hybridized carbons (Fsp3) is 0.533. The van der Waals surface area contributed by atoms with Crippen LogP contribution in [-0.4, -0.2) is 54.5 Å². The molecule has 3 fully saturated rings.